The van der Waals surface area contributed by atoms with Gasteiger partial charge in [-0.05, 0) is 37.8 Å². The topological polar surface area (TPSA) is 76.9 Å². The van der Waals surface area contributed by atoms with Gasteiger partial charge in [0.15, 0.2) is 5.65 Å². The van der Waals surface area contributed by atoms with Crippen LogP contribution in [0.2, 0.25) is 0 Å². The first-order valence-electron chi connectivity index (χ1n) is 10.9. The summed E-state index contributed by atoms with van der Waals surface area (Å²) in [7, 11) is 0. The highest BCUT2D eigenvalue weighted by atomic mass is 19.1. The molecule has 2 N–H and O–H groups in total. The van der Waals surface area contributed by atoms with E-state index in [1.807, 2.05) is 0 Å². The Morgan fingerprint density at radius 3 is 2.60 bits per heavy atom. The molecule has 0 bridgehead atoms. The number of anilines is 3. The van der Waals surface area contributed by atoms with E-state index in [1.54, 1.807) is 24.4 Å². The number of hydrogen-bond donors (Lipinski definition) is 2. The van der Waals surface area contributed by atoms with Gasteiger partial charge in [-0.3, -0.25) is 4.57 Å². The van der Waals surface area contributed by atoms with Gasteiger partial charge in [-0.2, -0.15) is 4.98 Å². The highest BCUT2D eigenvalue weighted by Crippen LogP contribution is 2.32. The molecule has 7 nitrogen and oxygen atoms in total. The Labute approximate surface area is 175 Å². The fourth-order valence-electron chi connectivity index (χ4n) is 4.45. The number of ether oxygens (including phenoxy) is 1. The molecule has 1 saturated heterocycles. The molecule has 1 aromatic carbocycles. The first-order valence-corrected chi connectivity index (χ1v) is 10.9. The van der Waals surface area contributed by atoms with Crippen LogP contribution >= 0.6 is 0 Å². The van der Waals surface area contributed by atoms with E-state index in [1.165, 1.54) is 25.3 Å². The Kier molecular flexibility index (Phi) is 5.48. The first kappa shape index (κ1) is 19.2. The zero-order chi connectivity index (χ0) is 20.3. The Bertz CT molecular complexity index is 1010. The summed E-state index contributed by atoms with van der Waals surface area (Å²) in [5.41, 5.74) is 1.87. The third-order valence-electron chi connectivity index (χ3n) is 6.05. The second-order valence-electron chi connectivity index (χ2n) is 8.14. The summed E-state index contributed by atoms with van der Waals surface area (Å²) in [5.74, 6) is 0.917. The molecule has 5 rings (SSSR count). The molecular formula is C22H27FN6O. The van der Waals surface area contributed by atoms with Crippen molar-refractivity contribution in [2.24, 2.45) is 0 Å². The van der Waals surface area contributed by atoms with Crippen molar-refractivity contribution in [3.8, 4) is 0 Å². The van der Waals surface area contributed by atoms with Crippen molar-refractivity contribution in [2.75, 3.05) is 23.8 Å². The summed E-state index contributed by atoms with van der Waals surface area (Å²) >= 11 is 0. The Balaban J connectivity index is 1.52. The van der Waals surface area contributed by atoms with Gasteiger partial charge in [0.05, 0.1) is 11.9 Å². The number of hydrogen-bond acceptors (Lipinski definition) is 6. The molecule has 2 fully saturated rings. The van der Waals surface area contributed by atoms with Crippen LogP contribution in [0.25, 0.3) is 11.2 Å². The van der Waals surface area contributed by atoms with Crippen molar-refractivity contribution >= 4 is 28.7 Å². The summed E-state index contributed by atoms with van der Waals surface area (Å²) in [5, 5.41) is 6.68. The lowest BCUT2D eigenvalue weighted by Crippen LogP contribution is -2.24. The van der Waals surface area contributed by atoms with Crippen molar-refractivity contribution in [2.45, 2.75) is 57.0 Å². The minimum absolute atomic E-state index is 0.190. The minimum Gasteiger partial charge on any atom is -0.381 e. The third kappa shape index (κ3) is 3.96. The van der Waals surface area contributed by atoms with E-state index in [9.17, 15) is 4.39 Å². The summed E-state index contributed by atoms with van der Waals surface area (Å²) in [6.45, 7) is 1.39. The maximum atomic E-state index is 14.3. The number of para-hydroxylation sites is 1. The molecule has 2 aliphatic rings. The van der Waals surface area contributed by atoms with E-state index in [0.717, 1.165) is 31.3 Å². The number of aromatic nitrogens is 4. The van der Waals surface area contributed by atoms with Crippen molar-refractivity contribution in [3.63, 3.8) is 0 Å². The Hall–Kier alpha value is -2.74. The quantitative estimate of drug-likeness (QED) is 0.629. The zero-order valence-electron chi connectivity index (χ0n) is 17.0. The van der Waals surface area contributed by atoms with Gasteiger partial charge in [0.2, 0.25) is 11.9 Å². The van der Waals surface area contributed by atoms with E-state index < -0.39 is 0 Å². The minimum atomic E-state index is -0.311. The fourth-order valence-corrected chi connectivity index (χ4v) is 4.45. The molecule has 158 valence electrons. The van der Waals surface area contributed by atoms with E-state index in [4.69, 9.17) is 14.7 Å². The number of rotatable bonds is 5. The fraction of sp³-hybridized carbons (Fsp3) is 0.500. The third-order valence-corrected chi connectivity index (χ3v) is 6.05. The van der Waals surface area contributed by atoms with Gasteiger partial charge in [0.25, 0.3) is 0 Å². The average molecular weight is 410 g/mol. The van der Waals surface area contributed by atoms with Gasteiger partial charge >= 0.3 is 0 Å². The van der Waals surface area contributed by atoms with Gasteiger partial charge in [-0.1, -0.05) is 31.4 Å². The van der Waals surface area contributed by atoms with Gasteiger partial charge in [0, 0.05) is 25.3 Å². The van der Waals surface area contributed by atoms with Crippen LogP contribution in [0.3, 0.4) is 0 Å². The second-order valence-corrected chi connectivity index (χ2v) is 8.14. The molecule has 1 aliphatic heterocycles. The average Bonchev–Trinajstić information content (AvgIpc) is 3.14. The molecule has 2 aromatic heterocycles. The summed E-state index contributed by atoms with van der Waals surface area (Å²) in [6, 6.07) is 7.25. The standard InChI is InChI=1S/C22H27FN6O/c23-17-8-4-5-9-18(17)26-22-27-19-14-24-21(25-15-6-2-1-3-7-15)28-20(19)29(22)16-10-12-30-13-11-16/h4-5,8-9,14-16H,1-3,6-7,10-13H2,(H,26,27)(H,24,25,28). The molecule has 3 aromatic rings. The van der Waals surface area contributed by atoms with Gasteiger partial charge in [0.1, 0.15) is 11.3 Å². The smallest absolute Gasteiger partial charge is 0.224 e. The van der Waals surface area contributed by atoms with Crippen molar-refractivity contribution < 1.29 is 9.13 Å². The number of imidazole rings is 1. The highest BCUT2D eigenvalue weighted by Gasteiger charge is 2.24. The van der Waals surface area contributed by atoms with Crippen LogP contribution < -0.4 is 10.6 Å². The van der Waals surface area contributed by atoms with Crippen molar-refractivity contribution in [1.29, 1.82) is 0 Å². The SMILES string of the molecule is Fc1ccccc1Nc1nc2cnc(NC3CCCCC3)nc2n1C1CCOCC1. The van der Waals surface area contributed by atoms with E-state index in [-0.39, 0.29) is 11.9 Å². The van der Waals surface area contributed by atoms with Crippen LogP contribution in [-0.4, -0.2) is 38.8 Å². The summed E-state index contributed by atoms with van der Waals surface area (Å²) in [6.07, 6.45) is 9.60. The molecule has 8 heteroatoms. The molecule has 0 amide bonds. The monoisotopic (exact) mass is 410 g/mol. The summed E-state index contributed by atoms with van der Waals surface area (Å²) in [4.78, 5) is 14.0. The molecule has 0 atom stereocenters. The van der Waals surface area contributed by atoms with Crippen LogP contribution in [0.1, 0.15) is 51.0 Å². The van der Waals surface area contributed by atoms with Crippen molar-refractivity contribution in [3.05, 3.63) is 36.3 Å². The van der Waals surface area contributed by atoms with Crippen LogP contribution in [-0.2, 0) is 4.74 Å². The number of benzene rings is 1. The molecular weight excluding hydrogens is 383 g/mol. The molecule has 30 heavy (non-hydrogen) atoms. The molecule has 0 radical (unpaired) electrons. The molecule has 3 heterocycles. The Morgan fingerprint density at radius 2 is 1.80 bits per heavy atom. The van der Waals surface area contributed by atoms with Gasteiger partial charge in [-0.15, -0.1) is 0 Å². The number of halogens is 1. The first-order chi connectivity index (χ1) is 14.8. The predicted octanol–water partition coefficient (Wildman–Crippen LogP) is 4.81. The lowest BCUT2D eigenvalue weighted by Gasteiger charge is -2.26. The molecule has 1 saturated carbocycles. The normalized spacial score (nSPS) is 18.6. The highest BCUT2D eigenvalue weighted by molar-refractivity contribution is 5.76. The maximum absolute atomic E-state index is 14.3. The zero-order valence-corrected chi connectivity index (χ0v) is 17.0. The van der Waals surface area contributed by atoms with E-state index >= 15 is 0 Å². The molecule has 0 spiro atoms. The second kappa shape index (κ2) is 8.55. The Morgan fingerprint density at radius 1 is 1.00 bits per heavy atom. The largest absolute Gasteiger partial charge is 0.381 e. The number of nitrogens with one attached hydrogen (secondary N) is 2. The molecule has 0 unspecified atom stereocenters. The molecule has 1 aliphatic carbocycles. The van der Waals surface area contributed by atoms with Crippen LogP contribution in [0.5, 0.6) is 0 Å². The lowest BCUT2D eigenvalue weighted by atomic mass is 9.96. The number of nitrogens with zero attached hydrogens (tertiary/aromatic N) is 4. The predicted molar refractivity (Wildman–Crippen MR) is 115 cm³/mol. The van der Waals surface area contributed by atoms with Gasteiger partial charge in [-0.25, -0.2) is 14.4 Å². The maximum Gasteiger partial charge on any atom is 0.224 e. The van der Waals surface area contributed by atoms with E-state index in [0.29, 0.717) is 42.4 Å². The van der Waals surface area contributed by atoms with Crippen LogP contribution in [0.15, 0.2) is 30.5 Å². The van der Waals surface area contributed by atoms with Crippen LogP contribution in [0.4, 0.5) is 22.0 Å². The lowest BCUT2D eigenvalue weighted by molar-refractivity contribution is 0.0710. The number of fused-ring (bicyclic) bond motifs is 1. The van der Waals surface area contributed by atoms with Crippen LogP contribution in [0, 0.1) is 5.82 Å². The summed E-state index contributed by atoms with van der Waals surface area (Å²) < 4.78 is 21.9. The van der Waals surface area contributed by atoms with Crippen molar-refractivity contribution in [1.82, 2.24) is 19.5 Å². The van der Waals surface area contributed by atoms with E-state index in [2.05, 4.69) is 20.2 Å². The van der Waals surface area contributed by atoms with Gasteiger partial charge < -0.3 is 15.4 Å².